The van der Waals surface area contributed by atoms with E-state index in [-0.39, 0.29) is 60.3 Å². The molecule has 6 heteroatoms. The summed E-state index contributed by atoms with van der Waals surface area (Å²) in [5.74, 6) is 0.0198. The van der Waals surface area contributed by atoms with Gasteiger partial charge >= 0.3 is 5.97 Å². The Morgan fingerprint density at radius 1 is 1.08 bits per heavy atom. The Labute approximate surface area is 144 Å². The molecule has 138 valence electrons. The minimum Gasteiger partial charge on any atom is -0.463 e. The second-order valence-corrected chi connectivity index (χ2v) is 7.05. The van der Waals surface area contributed by atoms with Crippen LogP contribution >= 0.6 is 0 Å². The monoisotopic (exact) mass is 341 g/mol. The van der Waals surface area contributed by atoms with Crippen molar-refractivity contribution in [2.75, 3.05) is 6.61 Å². The van der Waals surface area contributed by atoms with Gasteiger partial charge in [-0.3, -0.25) is 14.4 Å². The zero-order chi connectivity index (χ0) is 18.4. The third-order valence-corrected chi connectivity index (χ3v) is 5.13. The predicted octanol–water partition coefficient (Wildman–Crippen LogP) is 2.10. The molecule has 1 rings (SSSR count). The average Bonchev–Trinajstić information content (AvgIpc) is 2.49. The molecule has 0 aromatic carbocycles. The van der Waals surface area contributed by atoms with Gasteiger partial charge in [0.15, 0.2) is 0 Å². The molecule has 1 fully saturated rings. The fourth-order valence-corrected chi connectivity index (χ4v) is 3.15. The van der Waals surface area contributed by atoms with Gasteiger partial charge in [0.05, 0.1) is 18.2 Å². The molecule has 1 saturated heterocycles. The van der Waals surface area contributed by atoms with Crippen LogP contribution in [0.5, 0.6) is 0 Å². The SMILES string of the molecule is CC(=O)NC1C(CCC(C)C(C)=O)OC(COC(C)=O)C(C)C1C. The number of hydrogen-bond acceptors (Lipinski definition) is 5. The standard InChI is InChI=1S/C18H31NO5/c1-10(13(4)20)7-8-16-18(19-14(5)21)12(3)11(2)17(24-16)9-23-15(6)22/h10-12,16-18H,7-9H2,1-6H3,(H,19,21). The number of carbonyl (C=O) groups is 3. The van der Waals surface area contributed by atoms with Crippen LogP contribution in [-0.2, 0) is 23.9 Å². The Hall–Kier alpha value is -1.43. The molecule has 0 bridgehead atoms. The van der Waals surface area contributed by atoms with Gasteiger partial charge in [0.25, 0.3) is 0 Å². The van der Waals surface area contributed by atoms with E-state index in [1.807, 2.05) is 13.8 Å². The zero-order valence-corrected chi connectivity index (χ0v) is 15.6. The summed E-state index contributed by atoms with van der Waals surface area (Å²) in [6.45, 7) is 10.7. The van der Waals surface area contributed by atoms with Crippen molar-refractivity contribution in [2.45, 2.75) is 72.6 Å². The van der Waals surface area contributed by atoms with Gasteiger partial charge in [-0.2, -0.15) is 0 Å². The van der Waals surface area contributed by atoms with E-state index in [9.17, 15) is 14.4 Å². The van der Waals surface area contributed by atoms with Crippen molar-refractivity contribution in [1.82, 2.24) is 5.32 Å². The highest BCUT2D eigenvalue weighted by molar-refractivity contribution is 5.77. The lowest BCUT2D eigenvalue weighted by Crippen LogP contribution is -2.57. The van der Waals surface area contributed by atoms with Gasteiger partial charge in [-0.25, -0.2) is 0 Å². The Morgan fingerprint density at radius 2 is 1.71 bits per heavy atom. The Kier molecular flexibility index (Phi) is 7.87. The normalized spacial score (nSPS) is 31.2. The quantitative estimate of drug-likeness (QED) is 0.717. The van der Waals surface area contributed by atoms with Crippen LogP contribution < -0.4 is 5.32 Å². The molecule has 0 spiro atoms. The number of amides is 1. The summed E-state index contributed by atoms with van der Waals surface area (Å²) < 4.78 is 11.3. The molecule has 6 nitrogen and oxygen atoms in total. The number of Topliss-reactive ketones (excluding diaryl/α,β-unsaturated/α-hetero) is 1. The highest BCUT2D eigenvalue weighted by atomic mass is 16.6. The number of hydrogen-bond donors (Lipinski definition) is 1. The molecule has 0 aromatic rings. The highest BCUT2D eigenvalue weighted by Gasteiger charge is 2.42. The van der Waals surface area contributed by atoms with Gasteiger partial charge in [0.2, 0.25) is 5.91 Å². The fourth-order valence-electron chi connectivity index (χ4n) is 3.15. The molecule has 1 amide bonds. The summed E-state index contributed by atoms with van der Waals surface area (Å²) in [4.78, 5) is 34.1. The van der Waals surface area contributed by atoms with E-state index in [0.29, 0.717) is 12.8 Å². The van der Waals surface area contributed by atoms with Crippen molar-refractivity contribution in [1.29, 1.82) is 0 Å². The van der Waals surface area contributed by atoms with E-state index < -0.39 is 0 Å². The number of carbonyl (C=O) groups excluding carboxylic acids is 3. The second-order valence-electron chi connectivity index (χ2n) is 7.05. The van der Waals surface area contributed by atoms with E-state index in [1.54, 1.807) is 6.92 Å². The predicted molar refractivity (Wildman–Crippen MR) is 90.3 cm³/mol. The molecule has 1 heterocycles. The first kappa shape index (κ1) is 20.6. The Balaban J connectivity index is 2.83. The summed E-state index contributed by atoms with van der Waals surface area (Å²) in [6, 6.07) is -0.106. The summed E-state index contributed by atoms with van der Waals surface area (Å²) in [5.41, 5.74) is 0. The van der Waals surface area contributed by atoms with Crippen LogP contribution in [0.4, 0.5) is 0 Å². The van der Waals surface area contributed by atoms with Gasteiger partial charge in [-0.05, 0) is 31.6 Å². The molecule has 0 aromatic heterocycles. The minimum absolute atomic E-state index is 0.0341. The van der Waals surface area contributed by atoms with Crippen molar-refractivity contribution in [3.8, 4) is 0 Å². The lowest BCUT2D eigenvalue weighted by molar-refractivity contribution is -0.166. The van der Waals surface area contributed by atoms with Crippen molar-refractivity contribution in [3.63, 3.8) is 0 Å². The first-order valence-corrected chi connectivity index (χ1v) is 8.69. The lowest BCUT2D eigenvalue weighted by atomic mass is 9.78. The lowest BCUT2D eigenvalue weighted by Gasteiger charge is -2.45. The van der Waals surface area contributed by atoms with E-state index in [0.717, 1.165) is 0 Å². The zero-order valence-electron chi connectivity index (χ0n) is 15.6. The Morgan fingerprint density at radius 3 is 2.21 bits per heavy atom. The summed E-state index contributed by atoms with van der Waals surface area (Å²) in [6.07, 6.45) is 0.991. The maximum atomic E-state index is 11.6. The van der Waals surface area contributed by atoms with Crippen LogP contribution in [0.15, 0.2) is 0 Å². The summed E-state index contributed by atoms with van der Waals surface area (Å²) >= 11 is 0. The summed E-state index contributed by atoms with van der Waals surface area (Å²) in [5, 5.41) is 2.99. The second kappa shape index (κ2) is 9.16. The van der Waals surface area contributed by atoms with Crippen LogP contribution in [0.2, 0.25) is 0 Å². The highest BCUT2D eigenvalue weighted by Crippen LogP contribution is 2.33. The fraction of sp³-hybridized carbons (Fsp3) is 0.833. The first-order valence-electron chi connectivity index (χ1n) is 8.69. The number of ether oxygens (including phenoxy) is 2. The van der Waals surface area contributed by atoms with Gasteiger partial charge < -0.3 is 14.8 Å². The van der Waals surface area contributed by atoms with Gasteiger partial charge in [0, 0.05) is 19.8 Å². The number of nitrogens with one attached hydrogen (secondary N) is 1. The molecular weight excluding hydrogens is 310 g/mol. The van der Waals surface area contributed by atoms with Crippen LogP contribution in [0.1, 0.15) is 54.4 Å². The smallest absolute Gasteiger partial charge is 0.302 e. The van der Waals surface area contributed by atoms with Crippen LogP contribution in [0.25, 0.3) is 0 Å². The van der Waals surface area contributed by atoms with E-state index >= 15 is 0 Å². The maximum Gasteiger partial charge on any atom is 0.302 e. The van der Waals surface area contributed by atoms with Crippen molar-refractivity contribution >= 4 is 17.7 Å². The molecule has 1 N–H and O–H groups in total. The van der Waals surface area contributed by atoms with Crippen LogP contribution in [0, 0.1) is 17.8 Å². The van der Waals surface area contributed by atoms with Crippen LogP contribution in [-0.4, -0.2) is 42.5 Å². The molecular formula is C18H31NO5. The van der Waals surface area contributed by atoms with Gasteiger partial charge in [-0.1, -0.05) is 20.8 Å². The van der Waals surface area contributed by atoms with E-state index in [2.05, 4.69) is 12.2 Å². The average molecular weight is 341 g/mol. The van der Waals surface area contributed by atoms with Crippen molar-refractivity contribution < 1.29 is 23.9 Å². The van der Waals surface area contributed by atoms with Crippen LogP contribution in [0.3, 0.4) is 0 Å². The topological polar surface area (TPSA) is 81.7 Å². The third-order valence-electron chi connectivity index (χ3n) is 5.13. The molecule has 24 heavy (non-hydrogen) atoms. The van der Waals surface area contributed by atoms with Crippen molar-refractivity contribution in [3.05, 3.63) is 0 Å². The molecule has 0 radical (unpaired) electrons. The molecule has 1 aliphatic rings. The molecule has 6 atom stereocenters. The molecule has 1 aliphatic heterocycles. The molecule has 0 saturated carbocycles. The minimum atomic E-state index is -0.329. The third kappa shape index (κ3) is 5.89. The first-order chi connectivity index (χ1) is 11.1. The maximum absolute atomic E-state index is 11.6. The largest absolute Gasteiger partial charge is 0.463 e. The number of ketones is 1. The van der Waals surface area contributed by atoms with Gasteiger partial charge in [-0.15, -0.1) is 0 Å². The molecule has 0 aliphatic carbocycles. The van der Waals surface area contributed by atoms with Crippen molar-refractivity contribution in [2.24, 2.45) is 17.8 Å². The number of esters is 1. The van der Waals surface area contributed by atoms with Gasteiger partial charge in [0.1, 0.15) is 12.4 Å². The van der Waals surface area contributed by atoms with E-state index in [4.69, 9.17) is 9.47 Å². The Bertz CT molecular complexity index is 462. The molecule has 6 unspecified atom stereocenters. The van der Waals surface area contributed by atoms with E-state index in [1.165, 1.54) is 13.8 Å². The number of rotatable bonds is 7. The summed E-state index contributed by atoms with van der Waals surface area (Å²) in [7, 11) is 0.